The van der Waals surface area contributed by atoms with E-state index in [1.807, 2.05) is 0 Å². The summed E-state index contributed by atoms with van der Waals surface area (Å²) >= 11 is 0. The molecule has 0 rings (SSSR count). The second-order valence-corrected chi connectivity index (χ2v) is 15.8. The summed E-state index contributed by atoms with van der Waals surface area (Å²) in [4.78, 5) is 34.9. The van der Waals surface area contributed by atoms with Gasteiger partial charge in [0.05, 0.1) is 19.8 Å². The van der Waals surface area contributed by atoms with Crippen molar-refractivity contribution in [2.45, 2.75) is 206 Å². The molecule has 0 aromatic heterocycles. The fourth-order valence-electron chi connectivity index (χ4n) is 5.75. The number of rotatable bonds is 40. The van der Waals surface area contributed by atoms with Crippen LogP contribution < -0.4 is 0 Å². The number of allylic oxidation sites excluding steroid dienone is 4. The molecular formula is C42H79O10P. The maximum atomic E-state index is 12.6. The molecule has 53 heavy (non-hydrogen) atoms. The van der Waals surface area contributed by atoms with Crippen LogP contribution in [-0.2, 0) is 32.7 Å². The molecule has 0 bridgehead atoms. The topological polar surface area (TPSA) is 149 Å². The van der Waals surface area contributed by atoms with Crippen LogP contribution in [0.25, 0.3) is 0 Å². The van der Waals surface area contributed by atoms with Crippen LogP contribution in [0.15, 0.2) is 24.3 Å². The molecule has 11 heteroatoms. The minimum absolute atomic E-state index is 0.174. The molecule has 0 radical (unpaired) electrons. The zero-order valence-electron chi connectivity index (χ0n) is 33.7. The molecule has 0 amide bonds. The standard InChI is InChI=1S/C42H79O10P/c1-3-5-7-9-11-13-15-17-19-21-23-25-27-29-31-33-41(45)49-37-40(38-51-53(47,48)50-36-39(44)35-43)52-42(46)34-32-30-28-26-24-22-20-18-16-14-12-10-8-6-4-2/h17-20,39-40,43-44H,3-16,21-38H2,1-2H3,(H,47,48)/b19-17+,20-18+/t39-,40+/m0/s1. The van der Waals surface area contributed by atoms with Gasteiger partial charge < -0.3 is 24.6 Å². The highest BCUT2D eigenvalue weighted by atomic mass is 31.2. The first-order valence-electron chi connectivity index (χ1n) is 21.3. The smallest absolute Gasteiger partial charge is 0.462 e. The zero-order valence-corrected chi connectivity index (χ0v) is 34.6. The third kappa shape index (κ3) is 38.5. The van der Waals surface area contributed by atoms with E-state index in [1.165, 1.54) is 83.5 Å². The zero-order chi connectivity index (χ0) is 39.1. The van der Waals surface area contributed by atoms with Crippen LogP contribution in [0, 0.1) is 0 Å². The van der Waals surface area contributed by atoms with E-state index in [-0.39, 0.29) is 19.4 Å². The molecular weight excluding hydrogens is 695 g/mol. The summed E-state index contributed by atoms with van der Waals surface area (Å²) < 4.78 is 32.7. The summed E-state index contributed by atoms with van der Waals surface area (Å²) in [5, 5.41) is 18.3. The van der Waals surface area contributed by atoms with Gasteiger partial charge in [-0.2, -0.15) is 0 Å². The van der Waals surface area contributed by atoms with Gasteiger partial charge in [-0.3, -0.25) is 18.6 Å². The summed E-state index contributed by atoms with van der Waals surface area (Å²) in [6.07, 6.45) is 37.1. The van der Waals surface area contributed by atoms with E-state index >= 15 is 0 Å². The van der Waals surface area contributed by atoms with Crippen molar-refractivity contribution in [2.75, 3.05) is 26.4 Å². The third-order valence-corrected chi connectivity index (χ3v) is 10.0. The van der Waals surface area contributed by atoms with E-state index in [0.29, 0.717) is 12.8 Å². The van der Waals surface area contributed by atoms with Gasteiger partial charge in [0.2, 0.25) is 0 Å². The number of carbonyl (C=O) groups is 2. The van der Waals surface area contributed by atoms with Gasteiger partial charge in [-0.1, -0.05) is 141 Å². The molecule has 0 saturated heterocycles. The summed E-state index contributed by atoms with van der Waals surface area (Å²) in [6.45, 7) is 2.36. The third-order valence-electron chi connectivity index (χ3n) is 9.08. The molecule has 0 heterocycles. The lowest BCUT2D eigenvalue weighted by Crippen LogP contribution is -2.29. The Morgan fingerprint density at radius 2 is 0.925 bits per heavy atom. The predicted molar refractivity (Wildman–Crippen MR) is 215 cm³/mol. The maximum Gasteiger partial charge on any atom is 0.472 e. The molecule has 312 valence electrons. The van der Waals surface area contributed by atoms with Crippen LogP contribution in [0.2, 0.25) is 0 Å². The Morgan fingerprint density at radius 3 is 1.36 bits per heavy atom. The summed E-state index contributed by atoms with van der Waals surface area (Å²) in [5.41, 5.74) is 0. The number of aliphatic hydroxyl groups is 2. The fourth-order valence-corrected chi connectivity index (χ4v) is 6.54. The van der Waals surface area contributed by atoms with Gasteiger partial charge in [0.25, 0.3) is 0 Å². The van der Waals surface area contributed by atoms with E-state index < -0.39 is 51.8 Å². The van der Waals surface area contributed by atoms with Crippen molar-refractivity contribution in [1.29, 1.82) is 0 Å². The van der Waals surface area contributed by atoms with Crippen molar-refractivity contribution in [3.63, 3.8) is 0 Å². The Balaban J connectivity index is 4.33. The molecule has 0 saturated carbocycles. The highest BCUT2D eigenvalue weighted by molar-refractivity contribution is 7.47. The molecule has 0 fully saturated rings. The first kappa shape index (κ1) is 51.5. The van der Waals surface area contributed by atoms with Gasteiger partial charge in [0.1, 0.15) is 12.7 Å². The average molecular weight is 775 g/mol. The van der Waals surface area contributed by atoms with Crippen LogP contribution in [0.5, 0.6) is 0 Å². The molecule has 3 N–H and O–H groups in total. The van der Waals surface area contributed by atoms with Crippen LogP contribution >= 0.6 is 7.82 Å². The number of hydrogen-bond acceptors (Lipinski definition) is 9. The molecule has 10 nitrogen and oxygen atoms in total. The molecule has 0 aromatic carbocycles. The van der Waals surface area contributed by atoms with E-state index in [0.717, 1.165) is 70.6 Å². The van der Waals surface area contributed by atoms with Gasteiger partial charge >= 0.3 is 19.8 Å². The minimum atomic E-state index is -4.62. The Kier molecular flexibility index (Phi) is 37.6. The average Bonchev–Trinajstić information content (AvgIpc) is 3.14. The van der Waals surface area contributed by atoms with Crippen LogP contribution in [-0.4, -0.2) is 65.7 Å². The molecule has 0 aliphatic rings. The lowest BCUT2D eigenvalue weighted by molar-refractivity contribution is -0.161. The van der Waals surface area contributed by atoms with Crippen LogP contribution in [0.3, 0.4) is 0 Å². The maximum absolute atomic E-state index is 12.6. The van der Waals surface area contributed by atoms with Crippen molar-refractivity contribution in [1.82, 2.24) is 0 Å². The lowest BCUT2D eigenvalue weighted by Gasteiger charge is -2.20. The molecule has 1 unspecified atom stereocenters. The first-order chi connectivity index (χ1) is 25.7. The van der Waals surface area contributed by atoms with Crippen molar-refractivity contribution in [3.8, 4) is 0 Å². The largest absolute Gasteiger partial charge is 0.472 e. The van der Waals surface area contributed by atoms with Crippen molar-refractivity contribution in [2.24, 2.45) is 0 Å². The van der Waals surface area contributed by atoms with Crippen LogP contribution in [0.4, 0.5) is 0 Å². The van der Waals surface area contributed by atoms with E-state index in [4.69, 9.17) is 19.1 Å². The van der Waals surface area contributed by atoms with Gasteiger partial charge in [-0.15, -0.1) is 0 Å². The monoisotopic (exact) mass is 775 g/mol. The first-order valence-corrected chi connectivity index (χ1v) is 22.8. The molecule has 0 aliphatic heterocycles. The summed E-state index contributed by atoms with van der Waals surface area (Å²) in [6, 6.07) is 0. The van der Waals surface area contributed by atoms with Gasteiger partial charge in [0.15, 0.2) is 6.10 Å². The van der Waals surface area contributed by atoms with Gasteiger partial charge in [0, 0.05) is 12.8 Å². The second-order valence-electron chi connectivity index (χ2n) is 14.4. The SMILES string of the molecule is CCCCCCCC/C=C/CCCCCCCC(=O)OC[C@H](COP(=O)(O)OC[C@@H](O)CO)OC(=O)CCCCCCC/C=C/CCCCCCCC. The van der Waals surface area contributed by atoms with Crippen molar-refractivity contribution >= 4 is 19.8 Å². The highest BCUT2D eigenvalue weighted by Gasteiger charge is 2.27. The summed E-state index contributed by atoms with van der Waals surface area (Å²) in [7, 11) is -4.62. The van der Waals surface area contributed by atoms with Crippen LogP contribution in [0.1, 0.15) is 194 Å². The van der Waals surface area contributed by atoms with E-state index in [9.17, 15) is 24.2 Å². The number of unbranched alkanes of at least 4 members (excludes halogenated alkanes) is 22. The number of carbonyl (C=O) groups excluding carboxylic acids is 2. The van der Waals surface area contributed by atoms with Gasteiger partial charge in [-0.05, 0) is 64.2 Å². The Hall–Kier alpha value is -1.55. The number of aliphatic hydroxyl groups excluding tert-OH is 2. The number of ether oxygens (including phenoxy) is 2. The van der Waals surface area contributed by atoms with Crippen molar-refractivity contribution in [3.05, 3.63) is 24.3 Å². The van der Waals surface area contributed by atoms with E-state index in [2.05, 4.69) is 42.7 Å². The Bertz CT molecular complexity index is 941. The Labute approximate surface area is 323 Å². The molecule has 0 spiro atoms. The Morgan fingerprint density at radius 1 is 0.547 bits per heavy atom. The lowest BCUT2D eigenvalue weighted by atomic mass is 10.1. The fraction of sp³-hybridized carbons (Fsp3) is 0.857. The molecule has 3 atom stereocenters. The van der Waals surface area contributed by atoms with Crippen molar-refractivity contribution < 1.29 is 47.8 Å². The number of phosphoric acid groups is 1. The summed E-state index contributed by atoms with van der Waals surface area (Å²) in [5.74, 6) is -0.940. The molecule has 0 aliphatic carbocycles. The number of hydrogen-bond donors (Lipinski definition) is 3. The predicted octanol–water partition coefficient (Wildman–Crippen LogP) is 11.0. The second kappa shape index (κ2) is 38.7. The normalized spacial score (nSPS) is 14.1. The van der Waals surface area contributed by atoms with Gasteiger partial charge in [-0.25, -0.2) is 4.57 Å². The number of phosphoric ester groups is 1. The minimum Gasteiger partial charge on any atom is -0.462 e. The van der Waals surface area contributed by atoms with E-state index in [1.54, 1.807) is 0 Å². The molecule has 0 aromatic rings. The highest BCUT2D eigenvalue weighted by Crippen LogP contribution is 2.43. The number of esters is 2. The quantitative estimate of drug-likeness (QED) is 0.0238.